The van der Waals surface area contributed by atoms with Gasteiger partial charge >= 0.3 is 0 Å². The van der Waals surface area contributed by atoms with E-state index >= 15 is 0 Å². The van der Waals surface area contributed by atoms with Crippen molar-refractivity contribution in [2.24, 2.45) is 0 Å². The van der Waals surface area contributed by atoms with Gasteiger partial charge in [-0.25, -0.2) is 4.39 Å². The standard InChI is InChI=1S/C18H14BrFO/c1-11-10-12(6-8-16(11)19)18(21)15-7-9-17(20)14-5-3-2-4-13(14)15/h2-10,18,21H,1H3. The van der Waals surface area contributed by atoms with Crippen molar-refractivity contribution >= 4 is 26.7 Å². The molecule has 0 aliphatic rings. The van der Waals surface area contributed by atoms with E-state index in [1.165, 1.54) is 6.07 Å². The van der Waals surface area contributed by atoms with Crippen LogP contribution in [-0.4, -0.2) is 5.11 Å². The number of aliphatic hydroxyl groups excluding tert-OH is 1. The summed E-state index contributed by atoms with van der Waals surface area (Å²) in [7, 11) is 0. The zero-order chi connectivity index (χ0) is 15.0. The van der Waals surface area contributed by atoms with Gasteiger partial charge in [-0.1, -0.05) is 58.4 Å². The fraction of sp³-hybridized carbons (Fsp3) is 0.111. The molecule has 3 aromatic carbocycles. The van der Waals surface area contributed by atoms with Crippen LogP contribution < -0.4 is 0 Å². The van der Waals surface area contributed by atoms with E-state index in [1.807, 2.05) is 37.3 Å². The summed E-state index contributed by atoms with van der Waals surface area (Å²) in [5.41, 5.74) is 2.57. The summed E-state index contributed by atoms with van der Waals surface area (Å²) < 4.78 is 14.9. The lowest BCUT2D eigenvalue weighted by molar-refractivity contribution is 0.221. The lowest BCUT2D eigenvalue weighted by atomic mass is 9.95. The van der Waals surface area contributed by atoms with Crippen LogP contribution >= 0.6 is 15.9 Å². The molecule has 0 saturated heterocycles. The minimum absolute atomic E-state index is 0.270. The lowest BCUT2D eigenvalue weighted by Gasteiger charge is -2.15. The molecular weight excluding hydrogens is 331 g/mol. The number of rotatable bonds is 2. The minimum atomic E-state index is -0.776. The Labute approximate surface area is 131 Å². The molecule has 3 heteroatoms. The van der Waals surface area contributed by atoms with Crippen LogP contribution in [0.5, 0.6) is 0 Å². The summed E-state index contributed by atoms with van der Waals surface area (Å²) in [6.07, 6.45) is -0.776. The van der Waals surface area contributed by atoms with E-state index in [0.717, 1.165) is 21.0 Å². The van der Waals surface area contributed by atoms with Crippen molar-refractivity contribution in [3.8, 4) is 0 Å². The number of halogens is 2. The number of benzene rings is 3. The molecule has 0 fully saturated rings. The van der Waals surface area contributed by atoms with Gasteiger partial charge in [-0.15, -0.1) is 0 Å². The molecule has 1 unspecified atom stereocenters. The summed E-state index contributed by atoms with van der Waals surface area (Å²) in [6, 6.07) is 16.0. The maximum atomic E-state index is 13.9. The first-order chi connectivity index (χ1) is 10.1. The fourth-order valence-electron chi connectivity index (χ4n) is 2.54. The second-order valence-electron chi connectivity index (χ2n) is 5.09. The van der Waals surface area contributed by atoms with Gasteiger partial charge in [0.1, 0.15) is 11.9 Å². The zero-order valence-electron chi connectivity index (χ0n) is 11.5. The largest absolute Gasteiger partial charge is 0.384 e. The molecule has 1 N–H and O–H groups in total. The Bertz CT molecular complexity index is 813. The Balaban J connectivity index is 2.15. The van der Waals surface area contributed by atoms with Crippen LogP contribution in [-0.2, 0) is 0 Å². The molecule has 1 nitrogen and oxygen atoms in total. The van der Waals surface area contributed by atoms with E-state index in [2.05, 4.69) is 15.9 Å². The number of fused-ring (bicyclic) bond motifs is 1. The maximum absolute atomic E-state index is 13.9. The molecule has 0 bridgehead atoms. The van der Waals surface area contributed by atoms with E-state index in [0.29, 0.717) is 10.9 Å². The molecule has 3 aromatic rings. The molecule has 0 radical (unpaired) electrons. The molecule has 0 aromatic heterocycles. The number of hydrogen-bond donors (Lipinski definition) is 1. The smallest absolute Gasteiger partial charge is 0.131 e. The highest BCUT2D eigenvalue weighted by molar-refractivity contribution is 9.10. The van der Waals surface area contributed by atoms with Gasteiger partial charge in [-0.05, 0) is 41.1 Å². The SMILES string of the molecule is Cc1cc(C(O)c2ccc(F)c3ccccc23)ccc1Br. The molecule has 0 spiro atoms. The third-order valence-corrected chi connectivity index (χ3v) is 4.59. The van der Waals surface area contributed by atoms with E-state index in [1.54, 1.807) is 18.2 Å². The van der Waals surface area contributed by atoms with Gasteiger partial charge in [0.2, 0.25) is 0 Å². The molecule has 0 aliphatic heterocycles. The molecule has 0 aliphatic carbocycles. The summed E-state index contributed by atoms with van der Waals surface area (Å²) in [5.74, 6) is -0.270. The van der Waals surface area contributed by atoms with Gasteiger partial charge in [0.15, 0.2) is 0 Å². The predicted molar refractivity (Wildman–Crippen MR) is 86.8 cm³/mol. The molecular formula is C18H14BrFO. The summed E-state index contributed by atoms with van der Waals surface area (Å²) >= 11 is 3.45. The van der Waals surface area contributed by atoms with E-state index in [-0.39, 0.29) is 5.82 Å². The van der Waals surface area contributed by atoms with Crippen molar-refractivity contribution in [1.82, 2.24) is 0 Å². The van der Waals surface area contributed by atoms with E-state index in [9.17, 15) is 9.50 Å². The van der Waals surface area contributed by atoms with Gasteiger partial charge in [0.25, 0.3) is 0 Å². The third-order valence-electron chi connectivity index (χ3n) is 3.70. The van der Waals surface area contributed by atoms with E-state index < -0.39 is 6.10 Å². The first-order valence-electron chi connectivity index (χ1n) is 6.69. The van der Waals surface area contributed by atoms with Crippen LogP contribution in [0.15, 0.2) is 59.1 Å². The van der Waals surface area contributed by atoms with Gasteiger partial charge in [0, 0.05) is 9.86 Å². The molecule has 0 saturated carbocycles. The Kier molecular flexibility index (Phi) is 3.79. The van der Waals surface area contributed by atoms with Gasteiger partial charge < -0.3 is 5.11 Å². The fourth-order valence-corrected chi connectivity index (χ4v) is 2.79. The lowest BCUT2D eigenvalue weighted by Crippen LogP contribution is -2.01. The first kappa shape index (κ1) is 14.2. The van der Waals surface area contributed by atoms with Crippen molar-refractivity contribution in [2.45, 2.75) is 13.0 Å². The number of aryl methyl sites for hydroxylation is 1. The van der Waals surface area contributed by atoms with Gasteiger partial charge in [0.05, 0.1) is 0 Å². The van der Waals surface area contributed by atoms with Crippen LogP contribution in [0.1, 0.15) is 22.8 Å². The summed E-state index contributed by atoms with van der Waals surface area (Å²) in [5, 5.41) is 11.9. The molecule has 0 heterocycles. The van der Waals surface area contributed by atoms with Crippen LogP contribution in [0.3, 0.4) is 0 Å². The van der Waals surface area contributed by atoms with Gasteiger partial charge in [-0.2, -0.15) is 0 Å². The third kappa shape index (κ3) is 2.59. The zero-order valence-corrected chi connectivity index (χ0v) is 13.1. The highest BCUT2D eigenvalue weighted by Gasteiger charge is 2.15. The Morgan fingerprint density at radius 2 is 1.71 bits per heavy atom. The minimum Gasteiger partial charge on any atom is -0.384 e. The van der Waals surface area contributed by atoms with Gasteiger partial charge in [-0.3, -0.25) is 0 Å². The van der Waals surface area contributed by atoms with Crippen molar-refractivity contribution in [3.63, 3.8) is 0 Å². The van der Waals surface area contributed by atoms with Crippen molar-refractivity contribution in [2.75, 3.05) is 0 Å². The average molecular weight is 345 g/mol. The van der Waals surface area contributed by atoms with Crippen molar-refractivity contribution < 1.29 is 9.50 Å². The Morgan fingerprint density at radius 1 is 1.00 bits per heavy atom. The average Bonchev–Trinajstić information content (AvgIpc) is 2.50. The quantitative estimate of drug-likeness (QED) is 0.683. The molecule has 21 heavy (non-hydrogen) atoms. The molecule has 3 rings (SSSR count). The van der Waals surface area contributed by atoms with Crippen LogP contribution in [0.25, 0.3) is 10.8 Å². The maximum Gasteiger partial charge on any atom is 0.131 e. The van der Waals surface area contributed by atoms with Crippen molar-refractivity contribution in [3.05, 3.63) is 81.6 Å². The Hall–Kier alpha value is -1.71. The summed E-state index contributed by atoms with van der Waals surface area (Å²) in [4.78, 5) is 0. The topological polar surface area (TPSA) is 20.2 Å². The summed E-state index contributed by atoms with van der Waals surface area (Å²) in [6.45, 7) is 1.98. The first-order valence-corrected chi connectivity index (χ1v) is 7.48. The number of hydrogen-bond acceptors (Lipinski definition) is 1. The second-order valence-corrected chi connectivity index (χ2v) is 5.95. The van der Waals surface area contributed by atoms with Crippen LogP contribution in [0, 0.1) is 12.7 Å². The molecule has 1 atom stereocenters. The highest BCUT2D eigenvalue weighted by atomic mass is 79.9. The number of aliphatic hydroxyl groups is 1. The normalized spacial score (nSPS) is 12.6. The van der Waals surface area contributed by atoms with E-state index in [4.69, 9.17) is 0 Å². The molecule has 0 amide bonds. The molecule has 106 valence electrons. The monoisotopic (exact) mass is 344 g/mol. The highest BCUT2D eigenvalue weighted by Crippen LogP contribution is 2.31. The second kappa shape index (κ2) is 5.58. The van der Waals surface area contributed by atoms with Crippen molar-refractivity contribution in [1.29, 1.82) is 0 Å². The predicted octanol–water partition coefficient (Wildman–Crippen LogP) is 5.13. The van der Waals surface area contributed by atoms with Crippen LogP contribution in [0.4, 0.5) is 4.39 Å². The van der Waals surface area contributed by atoms with Crippen LogP contribution in [0.2, 0.25) is 0 Å². The Morgan fingerprint density at radius 3 is 2.43 bits per heavy atom.